The van der Waals surface area contributed by atoms with E-state index in [1.54, 1.807) is 39.1 Å². The van der Waals surface area contributed by atoms with Crippen LogP contribution in [-0.2, 0) is 14.3 Å². The van der Waals surface area contributed by atoms with Gasteiger partial charge in [-0.1, -0.05) is 12.1 Å². The topological polar surface area (TPSA) is 87.7 Å². The van der Waals surface area contributed by atoms with Crippen molar-refractivity contribution < 1.29 is 19.1 Å². The van der Waals surface area contributed by atoms with Gasteiger partial charge in [0.25, 0.3) is 0 Å². The number of nitrogens with zero attached hydrogens (tertiary/aromatic N) is 1. The summed E-state index contributed by atoms with van der Waals surface area (Å²) in [5.74, 6) is -0.361. The fourth-order valence-electron chi connectivity index (χ4n) is 2.94. The monoisotopic (exact) mass is 357 g/mol. The third kappa shape index (κ3) is 3.56. The molecule has 2 N–H and O–H groups in total. The molecular formula is C19H23N3O4. The lowest BCUT2D eigenvalue weighted by atomic mass is 9.94. The second kappa shape index (κ2) is 7.19. The maximum atomic E-state index is 12.5. The van der Waals surface area contributed by atoms with E-state index in [1.165, 1.54) is 4.90 Å². The molecule has 1 aromatic rings. The smallest absolute Gasteiger partial charge is 0.338 e. The average Bonchev–Trinajstić information content (AvgIpc) is 3.45. The van der Waals surface area contributed by atoms with Gasteiger partial charge in [-0.15, -0.1) is 0 Å². The zero-order valence-corrected chi connectivity index (χ0v) is 15.2. The third-order valence-electron chi connectivity index (χ3n) is 4.69. The van der Waals surface area contributed by atoms with Crippen molar-refractivity contribution in [3.05, 3.63) is 41.1 Å². The summed E-state index contributed by atoms with van der Waals surface area (Å²) in [4.78, 5) is 38.1. The van der Waals surface area contributed by atoms with E-state index in [1.807, 2.05) is 6.07 Å². The Kier molecular flexibility index (Phi) is 4.97. The zero-order valence-electron chi connectivity index (χ0n) is 15.2. The van der Waals surface area contributed by atoms with Crippen LogP contribution in [0.15, 0.2) is 35.5 Å². The van der Waals surface area contributed by atoms with Crippen LogP contribution in [0.3, 0.4) is 0 Å². The van der Waals surface area contributed by atoms with Gasteiger partial charge in [-0.25, -0.2) is 9.59 Å². The summed E-state index contributed by atoms with van der Waals surface area (Å²) >= 11 is 0. The van der Waals surface area contributed by atoms with Gasteiger partial charge >= 0.3 is 12.0 Å². The largest absolute Gasteiger partial charge is 0.463 e. The number of rotatable bonds is 5. The van der Waals surface area contributed by atoms with Crippen molar-refractivity contribution in [1.29, 1.82) is 0 Å². The van der Waals surface area contributed by atoms with E-state index in [0.29, 0.717) is 22.5 Å². The number of nitrogens with one attached hydrogen (secondary N) is 2. The van der Waals surface area contributed by atoms with Crippen LogP contribution in [0.4, 0.5) is 10.5 Å². The number of hydrogen-bond acceptors (Lipinski definition) is 4. The van der Waals surface area contributed by atoms with E-state index in [9.17, 15) is 14.4 Å². The number of carbonyl (C=O) groups excluding carboxylic acids is 3. The van der Waals surface area contributed by atoms with Crippen LogP contribution in [0.2, 0.25) is 0 Å². The van der Waals surface area contributed by atoms with Crippen molar-refractivity contribution in [3.63, 3.8) is 0 Å². The van der Waals surface area contributed by atoms with Crippen molar-refractivity contribution in [2.45, 2.75) is 32.7 Å². The van der Waals surface area contributed by atoms with Gasteiger partial charge in [0.05, 0.1) is 18.2 Å². The Bertz CT molecular complexity index is 783. The molecule has 1 aromatic carbocycles. The zero-order chi connectivity index (χ0) is 18.8. The summed E-state index contributed by atoms with van der Waals surface area (Å²) in [6.45, 7) is 3.70. The molecule has 1 aliphatic carbocycles. The SMILES string of the molecule is CCOC(=O)C1=C(C)N(C)C(=O)N[C@@H]1c1cccc(NC(=O)C2CC2)c1. The minimum atomic E-state index is -0.629. The van der Waals surface area contributed by atoms with Gasteiger partial charge in [0.2, 0.25) is 5.91 Å². The summed E-state index contributed by atoms with van der Waals surface area (Å²) in [7, 11) is 1.60. The molecule has 3 rings (SSSR count). The van der Waals surface area contributed by atoms with Crippen LogP contribution in [0, 0.1) is 5.92 Å². The van der Waals surface area contributed by atoms with Gasteiger partial charge < -0.3 is 20.3 Å². The number of hydrogen-bond donors (Lipinski definition) is 2. The van der Waals surface area contributed by atoms with Crippen LogP contribution < -0.4 is 10.6 Å². The highest BCUT2D eigenvalue weighted by Crippen LogP contribution is 2.33. The summed E-state index contributed by atoms with van der Waals surface area (Å²) in [5, 5.41) is 5.72. The van der Waals surface area contributed by atoms with E-state index >= 15 is 0 Å². The summed E-state index contributed by atoms with van der Waals surface area (Å²) < 4.78 is 5.18. The van der Waals surface area contributed by atoms with Gasteiger partial charge in [-0.2, -0.15) is 0 Å². The molecule has 7 heteroatoms. The molecule has 3 amide bonds. The molecule has 1 atom stereocenters. The number of urea groups is 1. The molecule has 0 aromatic heterocycles. The number of allylic oxidation sites excluding steroid dienone is 1. The molecule has 0 unspecified atom stereocenters. The lowest BCUT2D eigenvalue weighted by Gasteiger charge is -2.33. The van der Waals surface area contributed by atoms with E-state index in [-0.39, 0.29) is 24.5 Å². The standard InChI is InChI=1S/C19H23N3O4/c1-4-26-18(24)15-11(2)22(3)19(25)21-16(15)13-6-5-7-14(10-13)20-17(23)12-8-9-12/h5-7,10,12,16H,4,8-9H2,1-3H3,(H,20,23)(H,21,25)/t16-/m1/s1. The normalized spacial score (nSPS) is 19.9. The highest BCUT2D eigenvalue weighted by atomic mass is 16.5. The van der Waals surface area contributed by atoms with Gasteiger partial charge in [-0.05, 0) is 44.4 Å². The minimum absolute atomic E-state index is 0.00639. The predicted molar refractivity (Wildman–Crippen MR) is 96.2 cm³/mol. The highest BCUT2D eigenvalue weighted by Gasteiger charge is 2.35. The molecule has 1 fully saturated rings. The predicted octanol–water partition coefficient (Wildman–Crippen LogP) is 2.57. The number of carbonyl (C=O) groups is 3. The second-order valence-corrected chi connectivity index (χ2v) is 6.55. The molecule has 1 heterocycles. The highest BCUT2D eigenvalue weighted by molar-refractivity contribution is 5.96. The number of ether oxygens (including phenoxy) is 1. The fraction of sp³-hybridized carbons (Fsp3) is 0.421. The maximum absolute atomic E-state index is 12.5. The first-order valence-corrected chi connectivity index (χ1v) is 8.75. The van der Waals surface area contributed by atoms with E-state index in [2.05, 4.69) is 10.6 Å². The first-order valence-electron chi connectivity index (χ1n) is 8.75. The van der Waals surface area contributed by atoms with Crippen LogP contribution in [0.25, 0.3) is 0 Å². The van der Waals surface area contributed by atoms with Gasteiger partial charge in [-0.3, -0.25) is 4.79 Å². The van der Waals surface area contributed by atoms with Crippen molar-refractivity contribution in [3.8, 4) is 0 Å². The lowest BCUT2D eigenvalue weighted by Crippen LogP contribution is -2.46. The van der Waals surface area contributed by atoms with E-state index in [4.69, 9.17) is 4.74 Å². The Morgan fingerprint density at radius 1 is 1.35 bits per heavy atom. The van der Waals surface area contributed by atoms with Crippen LogP contribution in [0.5, 0.6) is 0 Å². The number of esters is 1. The Balaban J connectivity index is 1.93. The van der Waals surface area contributed by atoms with Crippen LogP contribution >= 0.6 is 0 Å². The Hall–Kier alpha value is -2.83. The van der Waals surface area contributed by atoms with E-state index < -0.39 is 12.0 Å². The van der Waals surface area contributed by atoms with Crippen molar-refractivity contribution in [2.75, 3.05) is 19.0 Å². The summed E-state index contributed by atoms with van der Waals surface area (Å²) in [5.41, 5.74) is 2.29. The number of benzene rings is 1. The molecule has 0 bridgehead atoms. The first-order chi connectivity index (χ1) is 12.4. The van der Waals surface area contributed by atoms with Crippen LogP contribution in [-0.4, -0.2) is 36.5 Å². The molecule has 0 saturated heterocycles. The molecule has 1 saturated carbocycles. The third-order valence-corrected chi connectivity index (χ3v) is 4.69. The summed E-state index contributed by atoms with van der Waals surface area (Å²) in [6, 6.07) is 6.25. The molecule has 2 aliphatic rings. The lowest BCUT2D eigenvalue weighted by molar-refractivity contribution is -0.139. The van der Waals surface area contributed by atoms with Crippen LogP contribution in [0.1, 0.15) is 38.3 Å². The van der Waals surface area contributed by atoms with Crippen molar-refractivity contribution in [1.82, 2.24) is 10.2 Å². The quantitative estimate of drug-likeness (QED) is 0.793. The molecule has 7 nitrogen and oxygen atoms in total. The number of amides is 3. The maximum Gasteiger partial charge on any atom is 0.338 e. The molecule has 138 valence electrons. The number of anilines is 1. The Morgan fingerprint density at radius 3 is 2.73 bits per heavy atom. The summed E-state index contributed by atoms with van der Waals surface area (Å²) in [6.07, 6.45) is 1.84. The Labute approximate surface area is 152 Å². The minimum Gasteiger partial charge on any atom is -0.463 e. The van der Waals surface area contributed by atoms with E-state index in [0.717, 1.165) is 12.8 Å². The molecule has 0 spiro atoms. The second-order valence-electron chi connectivity index (χ2n) is 6.55. The van der Waals surface area contributed by atoms with Crippen molar-refractivity contribution >= 4 is 23.6 Å². The van der Waals surface area contributed by atoms with Crippen molar-refractivity contribution in [2.24, 2.45) is 5.92 Å². The molecular weight excluding hydrogens is 334 g/mol. The average molecular weight is 357 g/mol. The van der Waals surface area contributed by atoms with Gasteiger partial charge in [0.15, 0.2) is 0 Å². The molecule has 1 aliphatic heterocycles. The van der Waals surface area contributed by atoms with Gasteiger partial charge in [0, 0.05) is 24.4 Å². The molecule has 26 heavy (non-hydrogen) atoms. The van der Waals surface area contributed by atoms with Gasteiger partial charge in [0.1, 0.15) is 0 Å². The fourth-order valence-corrected chi connectivity index (χ4v) is 2.94. The first kappa shape index (κ1) is 18.0. The molecule has 0 radical (unpaired) electrons. The Morgan fingerprint density at radius 2 is 2.08 bits per heavy atom.